The summed E-state index contributed by atoms with van der Waals surface area (Å²) in [7, 11) is 2.81. The van der Waals surface area contributed by atoms with E-state index < -0.39 is 23.8 Å². The quantitative estimate of drug-likeness (QED) is 0.435. The van der Waals surface area contributed by atoms with Gasteiger partial charge in [0.25, 0.3) is 0 Å². The minimum absolute atomic E-state index is 0.252. The molecule has 4 atom stereocenters. The average Bonchev–Trinajstić information content (AvgIpc) is 2.83. The van der Waals surface area contributed by atoms with Gasteiger partial charge < -0.3 is 24.3 Å². The summed E-state index contributed by atoms with van der Waals surface area (Å²) in [6, 6.07) is 5.35. The van der Waals surface area contributed by atoms with Crippen LogP contribution in [-0.2, 0) is 23.9 Å². The van der Waals surface area contributed by atoms with Gasteiger partial charge >= 0.3 is 11.9 Å². The smallest absolute Gasteiger partial charge is 0.337 e. The first kappa shape index (κ1) is 26.3. The second-order valence-electron chi connectivity index (χ2n) is 9.00. The molecule has 35 heavy (non-hydrogen) atoms. The van der Waals surface area contributed by atoms with Gasteiger partial charge in [-0.15, -0.1) is 0 Å². The zero-order valence-electron chi connectivity index (χ0n) is 21.5. The highest BCUT2D eigenvalue weighted by atomic mass is 16.5. The largest absolute Gasteiger partial charge is 0.493 e. The minimum Gasteiger partial charge on any atom is -0.493 e. The molecule has 8 nitrogen and oxygen atoms in total. The number of carbonyl (C=O) groups is 3. The molecule has 1 aliphatic carbocycles. The molecular weight excluding hydrogens is 450 g/mol. The summed E-state index contributed by atoms with van der Waals surface area (Å²) >= 11 is 0. The molecule has 0 bridgehead atoms. The maximum atomic E-state index is 13.8. The van der Waals surface area contributed by atoms with E-state index in [2.05, 4.69) is 5.32 Å². The highest BCUT2D eigenvalue weighted by molar-refractivity contribution is 6.12. The van der Waals surface area contributed by atoms with E-state index in [0.29, 0.717) is 59.1 Å². The molecule has 0 amide bonds. The first-order valence-electron chi connectivity index (χ1n) is 12.0. The lowest BCUT2D eigenvalue weighted by Crippen LogP contribution is -2.43. The Morgan fingerprint density at radius 2 is 1.89 bits per heavy atom. The Kier molecular flexibility index (Phi) is 8.25. The Morgan fingerprint density at radius 1 is 1.17 bits per heavy atom. The highest BCUT2D eigenvalue weighted by Gasteiger charge is 2.47. The number of carbonyl (C=O) groups excluding carboxylic acids is 3. The summed E-state index contributed by atoms with van der Waals surface area (Å²) in [5, 5.41) is 3.27. The summed E-state index contributed by atoms with van der Waals surface area (Å²) in [4.78, 5) is 39.8. The summed E-state index contributed by atoms with van der Waals surface area (Å²) < 4.78 is 21.8. The summed E-state index contributed by atoms with van der Waals surface area (Å²) in [5.41, 5.74) is 2.71. The van der Waals surface area contributed by atoms with E-state index in [1.807, 2.05) is 33.8 Å². The third-order valence-corrected chi connectivity index (χ3v) is 6.67. The highest BCUT2D eigenvalue weighted by Crippen LogP contribution is 2.47. The van der Waals surface area contributed by atoms with Gasteiger partial charge in [0, 0.05) is 22.9 Å². The Labute approximate surface area is 206 Å². The molecule has 1 N–H and O–H groups in total. The molecule has 0 saturated heterocycles. The molecule has 190 valence electrons. The maximum absolute atomic E-state index is 13.8. The van der Waals surface area contributed by atoms with Crippen LogP contribution in [0.15, 0.2) is 40.7 Å². The van der Waals surface area contributed by atoms with Crippen molar-refractivity contribution in [2.24, 2.45) is 11.8 Å². The van der Waals surface area contributed by atoms with Gasteiger partial charge in [0.1, 0.15) is 5.92 Å². The van der Waals surface area contributed by atoms with Crippen molar-refractivity contribution < 1.29 is 33.3 Å². The van der Waals surface area contributed by atoms with Crippen LogP contribution < -0.4 is 14.8 Å². The van der Waals surface area contributed by atoms with Crippen LogP contribution in [0.25, 0.3) is 0 Å². The van der Waals surface area contributed by atoms with Crippen LogP contribution in [0.3, 0.4) is 0 Å². The van der Waals surface area contributed by atoms with Crippen LogP contribution >= 0.6 is 0 Å². The molecule has 0 saturated carbocycles. The van der Waals surface area contributed by atoms with Crippen molar-refractivity contribution in [2.45, 2.75) is 59.5 Å². The molecular formula is C27H35NO7. The Morgan fingerprint density at radius 3 is 2.49 bits per heavy atom. The molecule has 0 aromatic heterocycles. The molecule has 0 radical (unpaired) electrons. The molecule has 0 fully saturated rings. The fourth-order valence-corrected chi connectivity index (χ4v) is 4.75. The zero-order valence-corrected chi connectivity index (χ0v) is 21.5. The van der Waals surface area contributed by atoms with Crippen molar-refractivity contribution in [3.05, 3.63) is 46.3 Å². The standard InChI is InChI=1S/C27H35NO7/c1-8-15(4)35-27(31)22-16(5)28-18-12-14(3)21(26(30)33-7)25(29)24(18)23(22)17-10-11-19(34-9-2)20(13-17)32-6/h10-11,13-15,21,23,28H,8-9,12H2,1-7H3/t14-,15-,21-,23-/m1/s1. The maximum Gasteiger partial charge on any atom is 0.337 e. The van der Waals surface area contributed by atoms with Crippen LogP contribution in [0.1, 0.15) is 58.9 Å². The second-order valence-corrected chi connectivity index (χ2v) is 9.00. The van der Waals surface area contributed by atoms with Gasteiger partial charge in [-0.1, -0.05) is 19.9 Å². The molecule has 0 spiro atoms. The topological polar surface area (TPSA) is 100 Å². The van der Waals surface area contributed by atoms with Gasteiger partial charge in [-0.3, -0.25) is 9.59 Å². The van der Waals surface area contributed by atoms with E-state index in [1.54, 1.807) is 19.1 Å². The van der Waals surface area contributed by atoms with Crippen LogP contribution in [0.5, 0.6) is 11.5 Å². The van der Waals surface area contributed by atoms with E-state index in [1.165, 1.54) is 14.2 Å². The molecule has 8 heteroatoms. The lowest BCUT2D eigenvalue weighted by Gasteiger charge is -2.38. The normalized spacial score (nSPS) is 22.7. The summed E-state index contributed by atoms with van der Waals surface area (Å²) in [6.45, 7) is 9.75. The number of dihydropyridines is 1. The SMILES string of the molecule is CCOc1ccc([C@@H]2C(C(=O)O[C@H](C)CC)=C(C)NC3=C2C(=O)[C@H](C(=O)OC)[C@H](C)C3)cc1OC. The Hall–Kier alpha value is -3.29. The third-order valence-electron chi connectivity index (χ3n) is 6.67. The number of ketones is 1. The molecule has 2 aliphatic rings. The fraction of sp³-hybridized carbons (Fsp3) is 0.519. The fourth-order valence-electron chi connectivity index (χ4n) is 4.75. The van der Waals surface area contributed by atoms with E-state index in [-0.39, 0.29) is 17.8 Å². The van der Waals surface area contributed by atoms with Gasteiger partial charge in [-0.25, -0.2) is 4.79 Å². The third kappa shape index (κ3) is 5.06. The van der Waals surface area contributed by atoms with E-state index >= 15 is 0 Å². The number of rotatable bonds is 8. The summed E-state index contributed by atoms with van der Waals surface area (Å²) in [6.07, 6.45) is 0.830. The first-order chi connectivity index (χ1) is 16.7. The lowest BCUT2D eigenvalue weighted by molar-refractivity contribution is -0.151. The van der Waals surface area contributed by atoms with Gasteiger partial charge in [0.05, 0.1) is 32.5 Å². The Bertz CT molecular complexity index is 1070. The van der Waals surface area contributed by atoms with Crippen LogP contribution in [-0.4, -0.2) is 44.7 Å². The lowest BCUT2D eigenvalue weighted by atomic mass is 9.69. The van der Waals surface area contributed by atoms with Gasteiger partial charge in [0.15, 0.2) is 17.3 Å². The van der Waals surface area contributed by atoms with Gasteiger partial charge in [-0.05, 0) is 57.2 Å². The average molecular weight is 486 g/mol. The molecule has 1 aromatic rings. The van der Waals surface area contributed by atoms with Crippen molar-refractivity contribution in [1.82, 2.24) is 5.32 Å². The van der Waals surface area contributed by atoms with Crippen LogP contribution in [0, 0.1) is 11.8 Å². The zero-order chi connectivity index (χ0) is 25.9. The van der Waals surface area contributed by atoms with Gasteiger partial charge in [-0.2, -0.15) is 0 Å². The van der Waals surface area contributed by atoms with E-state index in [0.717, 1.165) is 0 Å². The number of allylic oxidation sites excluding steroid dienone is 3. The number of benzene rings is 1. The molecule has 3 rings (SSSR count). The van der Waals surface area contributed by atoms with Crippen LogP contribution in [0.2, 0.25) is 0 Å². The molecule has 1 aliphatic heterocycles. The van der Waals surface area contributed by atoms with Crippen molar-refractivity contribution in [3.63, 3.8) is 0 Å². The van der Waals surface area contributed by atoms with Crippen molar-refractivity contribution in [3.8, 4) is 11.5 Å². The number of Topliss-reactive ketones (excluding diaryl/α,β-unsaturated/α-hetero) is 1. The van der Waals surface area contributed by atoms with E-state index in [4.69, 9.17) is 18.9 Å². The molecule has 0 unspecified atom stereocenters. The predicted molar refractivity (Wildman–Crippen MR) is 130 cm³/mol. The van der Waals surface area contributed by atoms with Crippen molar-refractivity contribution in [1.29, 1.82) is 0 Å². The number of methoxy groups -OCH3 is 2. The monoisotopic (exact) mass is 485 g/mol. The predicted octanol–water partition coefficient (Wildman–Crippen LogP) is 4.05. The summed E-state index contributed by atoms with van der Waals surface area (Å²) in [5.74, 6) is -2.32. The number of hydrogen-bond acceptors (Lipinski definition) is 8. The second kappa shape index (κ2) is 11.0. The number of hydrogen-bond donors (Lipinski definition) is 1. The van der Waals surface area contributed by atoms with Crippen molar-refractivity contribution >= 4 is 17.7 Å². The first-order valence-corrected chi connectivity index (χ1v) is 12.0. The molecule has 1 heterocycles. The number of esters is 2. The van der Waals surface area contributed by atoms with E-state index in [9.17, 15) is 14.4 Å². The number of nitrogens with one attached hydrogen (secondary N) is 1. The van der Waals surface area contributed by atoms with Crippen molar-refractivity contribution in [2.75, 3.05) is 20.8 Å². The minimum atomic E-state index is -0.946. The van der Waals surface area contributed by atoms with Crippen LogP contribution in [0.4, 0.5) is 0 Å². The molecule has 1 aromatic carbocycles. The van der Waals surface area contributed by atoms with Gasteiger partial charge in [0.2, 0.25) is 0 Å². The Balaban J connectivity index is 2.20. The number of ether oxygens (including phenoxy) is 4.